The Balaban J connectivity index is 1.53. The Bertz CT molecular complexity index is 716. The topological polar surface area (TPSA) is 54.9 Å². The summed E-state index contributed by atoms with van der Waals surface area (Å²) in [6, 6.07) is 18.6. The van der Waals surface area contributed by atoms with Crippen LogP contribution in [0.15, 0.2) is 59.6 Å². The molecule has 2 atom stereocenters. The normalized spacial score (nSPS) is 20.1. The molecule has 0 amide bonds. The molecular weight excluding hydrogens is 338 g/mol. The van der Waals surface area contributed by atoms with Crippen molar-refractivity contribution in [1.82, 2.24) is 10.6 Å². The van der Waals surface area contributed by atoms with Crippen LogP contribution in [0.3, 0.4) is 0 Å². The highest BCUT2D eigenvalue weighted by molar-refractivity contribution is 5.79. The first kappa shape index (κ1) is 19.2. The van der Waals surface area contributed by atoms with Crippen LogP contribution in [0.4, 0.5) is 0 Å². The molecule has 1 aliphatic rings. The zero-order chi connectivity index (χ0) is 18.9. The second-order valence-corrected chi connectivity index (χ2v) is 6.76. The molecular formula is C22H29N3O2. The van der Waals surface area contributed by atoms with Gasteiger partial charge in [-0.05, 0) is 36.1 Å². The van der Waals surface area contributed by atoms with Gasteiger partial charge in [0, 0.05) is 32.7 Å². The molecule has 0 bridgehead atoms. The zero-order valence-electron chi connectivity index (χ0n) is 16.2. The van der Waals surface area contributed by atoms with E-state index in [4.69, 9.17) is 9.47 Å². The van der Waals surface area contributed by atoms with Crippen LogP contribution in [0.5, 0.6) is 5.75 Å². The molecule has 0 aliphatic carbocycles. The maximum absolute atomic E-state index is 6.08. The van der Waals surface area contributed by atoms with E-state index in [2.05, 4.69) is 52.0 Å². The van der Waals surface area contributed by atoms with Crippen molar-refractivity contribution in [2.24, 2.45) is 10.9 Å². The summed E-state index contributed by atoms with van der Waals surface area (Å²) in [5.74, 6) is 2.11. The van der Waals surface area contributed by atoms with E-state index in [0.29, 0.717) is 12.5 Å². The lowest BCUT2D eigenvalue weighted by Crippen LogP contribution is -2.41. The van der Waals surface area contributed by atoms with Crippen LogP contribution in [0.2, 0.25) is 0 Å². The molecule has 1 fully saturated rings. The molecule has 2 unspecified atom stereocenters. The van der Waals surface area contributed by atoms with Crippen molar-refractivity contribution in [3.8, 4) is 5.75 Å². The second-order valence-electron chi connectivity index (χ2n) is 6.76. The molecule has 5 nitrogen and oxygen atoms in total. The number of hydrogen-bond acceptors (Lipinski definition) is 3. The molecule has 0 aromatic heterocycles. The van der Waals surface area contributed by atoms with Crippen molar-refractivity contribution in [2.75, 3.05) is 27.3 Å². The molecule has 1 aliphatic heterocycles. The number of hydrogen-bond donors (Lipinski definition) is 2. The molecule has 0 spiro atoms. The Morgan fingerprint density at radius 2 is 1.89 bits per heavy atom. The average Bonchev–Trinajstić information content (AvgIpc) is 2.75. The molecule has 0 radical (unpaired) electrons. The van der Waals surface area contributed by atoms with Crippen molar-refractivity contribution < 1.29 is 9.47 Å². The van der Waals surface area contributed by atoms with Gasteiger partial charge in [0.05, 0.1) is 13.2 Å². The van der Waals surface area contributed by atoms with Crippen molar-refractivity contribution in [1.29, 1.82) is 0 Å². The van der Waals surface area contributed by atoms with Gasteiger partial charge in [-0.3, -0.25) is 4.99 Å². The molecule has 2 N–H and O–H groups in total. The van der Waals surface area contributed by atoms with Crippen LogP contribution >= 0.6 is 0 Å². The van der Waals surface area contributed by atoms with Crippen LogP contribution < -0.4 is 15.4 Å². The van der Waals surface area contributed by atoms with Crippen LogP contribution in [0.25, 0.3) is 0 Å². The van der Waals surface area contributed by atoms with Gasteiger partial charge in [-0.2, -0.15) is 0 Å². The standard InChI is InChI=1S/C22H29N3O2/c1-23-22(24-15-17-10-12-20(26-2)13-11-17)25-16-19-9-6-14-27-21(19)18-7-4-3-5-8-18/h3-5,7-8,10-13,19,21H,6,9,14-16H2,1-2H3,(H2,23,24,25). The van der Waals surface area contributed by atoms with Gasteiger partial charge in [0.1, 0.15) is 5.75 Å². The third-order valence-corrected chi connectivity index (χ3v) is 4.95. The Kier molecular flexibility index (Phi) is 7.11. The Morgan fingerprint density at radius 1 is 1.11 bits per heavy atom. The van der Waals surface area contributed by atoms with Gasteiger partial charge in [0.15, 0.2) is 5.96 Å². The summed E-state index contributed by atoms with van der Waals surface area (Å²) in [5, 5.41) is 6.84. The predicted octanol–water partition coefficient (Wildman–Crippen LogP) is 3.53. The number of nitrogens with one attached hydrogen (secondary N) is 2. The minimum Gasteiger partial charge on any atom is -0.497 e. The minimum absolute atomic E-state index is 0.146. The lowest BCUT2D eigenvalue weighted by Gasteiger charge is -2.32. The molecule has 2 aromatic carbocycles. The lowest BCUT2D eigenvalue weighted by molar-refractivity contribution is -0.0265. The number of aliphatic imine (C=N–C) groups is 1. The van der Waals surface area contributed by atoms with Crippen LogP contribution in [0, 0.1) is 5.92 Å². The van der Waals surface area contributed by atoms with E-state index >= 15 is 0 Å². The third kappa shape index (κ3) is 5.47. The maximum Gasteiger partial charge on any atom is 0.191 e. The summed E-state index contributed by atoms with van der Waals surface area (Å²) in [6.45, 7) is 2.38. The van der Waals surface area contributed by atoms with E-state index in [1.807, 2.05) is 18.2 Å². The molecule has 27 heavy (non-hydrogen) atoms. The Morgan fingerprint density at radius 3 is 2.59 bits per heavy atom. The maximum atomic E-state index is 6.08. The lowest BCUT2D eigenvalue weighted by atomic mass is 9.89. The molecule has 0 saturated carbocycles. The Labute approximate surface area is 161 Å². The first-order valence-corrected chi connectivity index (χ1v) is 9.54. The molecule has 144 valence electrons. The number of benzene rings is 2. The fraction of sp³-hybridized carbons (Fsp3) is 0.409. The number of nitrogens with zero attached hydrogens (tertiary/aromatic N) is 1. The monoisotopic (exact) mass is 367 g/mol. The third-order valence-electron chi connectivity index (χ3n) is 4.95. The highest BCUT2D eigenvalue weighted by Crippen LogP contribution is 2.33. The summed E-state index contributed by atoms with van der Waals surface area (Å²) >= 11 is 0. The van der Waals surface area contributed by atoms with E-state index in [1.165, 1.54) is 11.1 Å². The highest BCUT2D eigenvalue weighted by Gasteiger charge is 2.27. The quantitative estimate of drug-likeness (QED) is 0.606. The SMILES string of the molecule is CN=C(NCc1ccc(OC)cc1)NCC1CCCOC1c1ccccc1. The van der Waals surface area contributed by atoms with E-state index < -0.39 is 0 Å². The molecule has 1 heterocycles. The van der Waals surface area contributed by atoms with Crippen LogP contribution in [-0.4, -0.2) is 33.3 Å². The number of rotatable bonds is 6. The fourth-order valence-corrected chi connectivity index (χ4v) is 3.44. The fourth-order valence-electron chi connectivity index (χ4n) is 3.44. The number of ether oxygens (including phenoxy) is 2. The van der Waals surface area contributed by atoms with E-state index in [1.54, 1.807) is 14.2 Å². The van der Waals surface area contributed by atoms with Crippen molar-refractivity contribution >= 4 is 5.96 Å². The summed E-state index contributed by atoms with van der Waals surface area (Å²) in [5.41, 5.74) is 2.44. The van der Waals surface area contributed by atoms with Gasteiger partial charge < -0.3 is 20.1 Å². The molecule has 1 saturated heterocycles. The minimum atomic E-state index is 0.146. The predicted molar refractivity (Wildman–Crippen MR) is 109 cm³/mol. The summed E-state index contributed by atoms with van der Waals surface area (Å²) in [7, 11) is 3.48. The molecule has 3 rings (SSSR count). The highest BCUT2D eigenvalue weighted by atomic mass is 16.5. The van der Waals surface area contributed by atoms with Crippen molar-refractivity contribution in [3.63, 3.8) is 0 Å². The largest absolute Gasteiger partial charge is 0.497 e. The van der Waals surface area contributed by atoms with Gasteiger partial charge in [-0.1, -0.05) is 42.5 Å². The summed E-state index contributed by atoms with van der Waals surface area (Å²) in [4.78, 5) is 4.35. The van der Waals surface area contributed by atoms with Crippen LogP contribution in [0.1, 0.15) is 30.1 Å². The smallest absolute Gasteiger partial charge is 0.191 e. The van der Waals surface area contributed by atoms with E-state index in [9.17, 15) is 0 Å². The van der Waals surface area contributed by atoms with E-state index in [-0.39, 0.29) is 6.10 Å². The zero-order valence-corrected chi connectivity index (χ0v) is 16.2. The van der Waals surface area contributed by atoms with Gasteiger partial charge in [0.2, 0.25) is 0 Å². The van der Waals surface area contributed by atoms with Crippen molar-refractivity contribution in [2.45, 2.75) is 25.5 Å². The first-order chi connectivity index (χ1) is 13.3. The Hall–Kier alpha value is -2.53. The van der Waals surface area contributed by atoms with Crippen molar-refractivity contribution in [3.05, 3.63) is 65.7 Å². The first-order valence-electron chi connectivity index (χ1n) is 9.54. The number of methoxy groups -OCH3 is 1. The van der Waals surface area contributed by atoms with Gasteiger partial charge >= 0.3 is 0 Å². The molecule has 2 aromatic rings. The van der Waals surface area contributed by atoms with E-state index in [0.717, 1.165) is 37.7 Å². The number of guanidine groups is 1. The summed E-state index contributed by atoms with van der Waals surface area (Å²) < 4.78 is 11.3. The van der Waals surface area contributed by atoms with Crippen LogP contribution in [-0.2, 0) is 11.3 Å². The average molecular weight is 367 g/mol. The molecule has 5 heteroatoms. The summed E-state index contributed by atoms with van der Waals surface area (Å²) in [6.07, 6.45) is 2.41. The second kappa shape index (κ2) is 9.97. The van der Waals surface area contributed by atoms with Gasteiger partial charge in [-0.25, -0.2) is 0 Å². The van der Waals surface area contributed by atoms with Gasteiger partial charge in [0.25, 0.3) is 0 Å². The van der Waals surface area contributed by atoms with Gasteiger partial charge in [-0.15, -0.1) is 0 Å².